The van der Waals surface area contributed by atoms with Gasteiger partial charge in [0.25, 0.3) is 5.95 Å². The average molecular weight is 403 g/mol. The largest absolute Gasteiger partial charge is 0.382 e. The van der Waals surface area contributed by atoms with Crippen molar-refractivity contribution in [3.63, 3.8) is 0 Å². The quantitative estimate of drug-likeness (QED) is 0.703. The van der Waals surface area contributed by atoms with Gasteiger partial charge in [0.15, 0.2) is 0 Å². The summed E-state index contributed by atoms with van der Waals surface area (Å²) >= 11 is 0. The smallest absolute Gasteiger partial charge is 0.253 e. The van der Waals surface area contributed by atoms with Crippen LogP contribution in [0.25, 0.3) is 17.3 Å². The number of likely N-dealkylation sites (N-methyl/N-ethyl adjacent to an activating group) is 1. The number of nitriles is 1. The number of aromatic nitrogens is 5. The van der Waals surface area contributed by atoms with E-state index in [1.807, 2.05) is 38.1 Å². The molecule has 0 unspecified atom stereocenters. The molecule has 1 saturated heterocycles. The number of piperazine rings is 1. The summed E-state index contributed by atoms with van der Waals surface area (Å²) in [6, 6.07) is 9.84. The van der Waals surface area contributed by atoms with Crippen molar-refractivity contribution in [1.82, 2.24) is 29.6 Å². The monoisotopic (exact) mass is 403 g/mol. The number of hydrogen-bond acceptors (Lipinski definition) is 8. The fourth-order valence-electron chi connectivity index (χ4n) is 3.71. The van der Waals surface area contributed by atoms with E-state index in [9.17, 15) is 5.26 Å². The van der Waals surface area contributed by atoms with Gasteiger partial charge < -0.3 is 15.5 Å². The van der Waals surface area contributed by atoms with Gasteiger partial charge in [0, 0.05) is 31.9 Å². The molecule has 1 aliphatic rings. The maximum absolute atomic E-state index is 9.68. The summed E-state index contributed by atoms with van der Waals surface area (Å²) in [5, 5.41) is 14.1. The SMILES string of the molecule is CCN1CCN(c2cccc(-c3nc(-n4nc(C)cc4C)nc(N)c3C#N)n2)CC1. The molecule has 4 heterocycles. The highest BCUT2D eigenvalue weighted by molar-refractivity contribution is 5.71. The van der Waals surface area contributed by atoms with Crippen molar-refractivity contribution in [2.24, 2.45) is 0 Å². The first kappa shape index (κ1) is 19.8. The predicted molar refractivity (Wildman–Crippen MR) is 115 cm³/mol. The Kier molecular flexibility index (Phi) is 5.33. The van der Waals surface area contributed by atoms with Crippen molar-refractivity contribution in [2.75, 3.05) is 43.4 Å². The molecule has 0 saturated carbocycles. The first-order chi connectivity index (χ1) is 14.5. The van der Waals surface area contributed by atoms with Crippen LogP contribution >= 0.6 is 0 Å². The van der Waals surface area contributed by atoms with Crippen molar-refractivity contribution in [2.45, 2.75) is 20.8 Å². The van der Waals surface area contributed by atoms with Crippen LogP contribution in [0.1, 0.15) is 23.9 Å². The summed E-state index contributed by atoms with van der Waals surface area (Å²) in [5.74, 6) is 1.32. The van der Waals surface area contributed by atoms with E-state index in [0.717, 1.165) is 49.9 Å². The number of anilines is 2. The van der Waals surface area contributed by atoms with Crippen LogP contribution in [0.2, 0.25) is 0 Å². The summed E-state index contributed by atoms with van der Waals surface area (Å²) in [6.07, 6.45) is 0. The lowest BCUT2D eigenvalue weighted by Gasteiger charge is -2.34. The second-order valence-corrected chi connectivity index (χ2v) is 7.39. The molecular weight excluding hydrogens is 378 g/mol. The molecular formula is C21H25N9. The van der Waals surface area contributed by atoms with Crippen LogP contribution in [0.5, 0.6) is 0 Å². The Labute approximate surface area is 175 Å². The zero-order valence-electron chi connectivity index (χ0n) is 17.5. The molecule has 1 aliphatic heterocycles. The minimum Gasteiger partial charge on any atom is -0.382 e. The van der Waals surface area contributed by atoms with E-state index in [-0.39, 0.29) is 11.4 Å². The van der Waals surface area contributed by atoms with E-state index < -0.39 is 0 Å². The van der Waals surface area contributed by atoms with E-state index in [1.165, 1.54) is 0 Å². The Morgan fingerprint density at radius 3 is 2.50 bits per heavy atom. The molecule has 0 aromatic carbocycles. The maximum atomic E-state index is 9.68. The molecule has 0 amide bonds. The van der Waals surface area contributed by atoms with Crippen LogP contribution < -0.4 is 10.6 Å². The van der Waals surface area contributed by atoms with Gasteiger partial charge >= 0.3 is 0 Å². The topological polar surface area (TPSA) is 113 Å². The fourth-order valence-corrected chi connectivity index (χ4v) is 3.71. The van der Waals surface area contributed by atoms with Crippen LogP contribution in [0.3, 0.4) is 0 Å². The van der Waals surface area contributed by atoms with Crippen LogP contribution in [0.15, 0.2) is 24.3 Å². The lowest BCUT2D eigenvalue weighted by Crippen LogP contribution is -2.46. The molecule has 0 bridgehead atoms. The van der Waals surface area contributed by atoms with E-state index >= 15 is 0 Å². The first-order valence-corrected chi connectivity index (χ1v) is 10.1. The van der Waals surface area contributed by atoms with Gasteiger partial charge in [-0.3, -0.25) is 0 Å². The summed E-state index contributed by atoms with van der Waals surface area (Å²) in [7, 11) is 0. The van der Waals surface area contributed by atoms with Crippen molar-refractivity contribution >= 4 is 11.6 Å². The molecule has 3 aromatic rings. The fraction of sp³-hybridized carbons (Fsp3) is 0.381. The van der Waals surface area contributed by atoms with Gasteiger partial charge in [-0.1, -0.05) is 13.0 Å². The minimum atomic E-state index is 0.119. The molecule has 0 aliphatic carbocycles. The number of nitrogen functional groups attached to an aromatic ring is 1. The van der Waals surface area contributed by atoms with Gasteiger partial charge in [-0.25, -0.2) is 14.6 Å². The zero-order chi connectivity index (χ0) is 21.3. The second kappa shape index (κ2) is 8.08. The van der Waals surface area contributed by atoms with Crippen LogP contribution in [0.4, 0.5) is 11.6 Å². The van der Waals surface area contributed by atoms with Gasteiger partial charge in [-0.05, 0) is 38.6 Å². The lowest BCUT2D eigenvalue weighted by atomic mass is 10.1. The standard InChI is InChI=1S/C21H25N9/c1-4-28-8-10-29(11-9-28)18-7-5-6-17(24-18)19-16(13-22)20(23)26-21(25-19)30-15(3)12-14(2)27-30/h5-7,12H,4,8-11H2,1-3H3,(H2,23,25,26). The number of nitrogens with zero attached hydrogens (tertiary/aromatic N) is 8. The van der Waals surface area contributed by atoms with Gasteiger partial charge in [-0.15, -0.1) is 0 Å². The Morgan fingerprint density at radius 1 is 1.10 bits per heavy atom. The molecule has 1 fully saturated rings. The summed E-state index contributed by atoms with van der Waals surface area (Å²) < 4.78 is 1.63. The van der Waals surface area contributed by atoms with Crippen LogP contribution in [-0.2, 0) is 0 Å². The highest BCUT2D eigenvalue weighted by Gasteiger charge is 2.20. The second-order valence-electron chi connectivity index (χ2n) is 7.39. The highest BCUT2D eigenvalue weighted by Crippen LogP contribution is 2.26. The molecule has 2 N–H and O–H groups in total. The normalized spacial score (nSPS) is 14.7. The van der Waals surface area contributed by atoms with Gasteiger partial charge in [-0.2, -0.15) is 15.3 Å². The summed E-state index contributed by atoms with van der Waals surface area (Å²) in [6.45, 7) is 10.9. The van der Waals surface area contributed by atoms with Crippen LogP contribution in [0, 0.1) is 25.2 Å². The highest BCUT2D eigenvalue weighted by atomic mass is 15.4. The molecule has 30 heavy (non-hydrogen) atoms. The van der Waals surface area contributed by atoms with Crippen molar-refractivity contribution in [1.29, 1.82) is 5.26 Å². The van der Waals surface area contributed by atoms with Gasteiger partial charge in [0.1, 0.15) is 29.0 Å². The number of hydrogen-bond donors (Lipinski definition) is 1. The Morgan fingerprint density at radius 2 is 1.87 bits per heavy atom. The van der Waals surface area contributed by atoms with Gasteiger partial charge in [0.2, 0.25) is 0 Å². The molecule has 4 rings (SSSR count). The van der Waals surface area contributed by atoms with E-state index in [2.05, 4.69) is 37.9 Å². The number of aryl methyl sites for hydroxylation is 2. The van der Waals surface area contributed by atoms with Crippen molar-refractivity contribution in [3.05, 3.63) is 41.2 Å². The third-order valence-electron chi connectivity index (χ3n) is 5.36. The number of pyridine rings is 1. The van der Waals surface area contributed by atoms with E-state index in [0.29, 0.717) is 17.3 Å². The summed E-state index contributed by atoms with van der Waals surface area (Å²) in [5.41, 5.74) is 9.10. The van der Waals surface area contributed by atoms with E-state index in [4.69, 9.17) is 10.7 Å². The number of rotatable bonds is 4. The molecule has 0 spiro atoms. The van der Waals surface area contributed by atoms with Gasteiger partial charge in [0.05, 0.1) is 11.4 Å². The Hall–Kier alpha value is -3.51. The van der Waals surface area contributed by atoms with Crippen molar-refractivity contribution < 1.29 is 0 Å². The van der Waals surface area contributed by atoms with Crippen molar-refractivity contribution in [3.8, 4) is 23.4 Å². The predicted octanol–water partition coefficient (Wildman–Crippen LogP) is 1.94. The average Bonchev–Trinajstić information content (AvgIpc) is 3.11. The Bertz CT molecular complexity index is 1100. The molecule has 9 nitrogen and oxygen atoms in total. The molecule has 9 heteroatoms. The molecule has 154 valence electrons. The molecule has 0 atom stereocenters. The zero-order valence-corrected chi connectivity index (χ0v) is 17.5. The third-order valence-corrected chi connectivity index (χ3v) is 5.36. The first-order valence-electron chi connectivity index (χ1n) is 10.1. The van der Waals surface area contributed by atoms with E-state index in [1.54, 1.807) is 4.68 Å². The molecule has 3 aromatic heterocycles. The summed E-state index contributed by atoms with van der Waals surface area (Å²) in [4.78, 5) is 18.4. The Balaban J connectivity index is 1.75. The van der Waals surface area contributed by atoms with Crippen LogP contribution in [-0.4, -0.2) is 62.4 Å². The maximum Gasteiger partial charge on any atom is 0.253 e. The third kappa shape index (κ3) is 3.69. The minimum absolute atomic E-state index is 0.119. The number of nitrogens with two attached hydrogens (primary N) is 1. The molecule has 0 radical (unpaired) electrons. The lowest BCUT2D eigenvalue weighted by molar-refractivity contribution is 0.270.